The zero-order valence-electron chi connectivity index (χ0n) is 6.64. The summed E-state index contributed by atoms with van der Waals surface area (Å²) in [6.07, 6.45) is 0. The molecule has 68 valence electrons. The Kier molecular flexibility index (Phi) is 3.66. The summed E-state index contributed by atoms with van der Waals surface area (Å²) in [5, 5.41) is 10.2. The van der Waals surface area contributed by atoms with Gasteiger partial charge in [0.15, 0.2) is 0 Å². The first-order valence-corrected chi connectivity index (χ1v) is 4.30. The normalized spacial score (nSPS) is 9.00. The number of thiol groups is 1. The third-order valence-corrected chi connectivity index (χ3v) is 1.23. The van der Waals surface area contributed by atoms with E-state index in [0.717, 1.165) is 11.0 Å². The van der Waals surface area contributed by atoms with Gasteiger partial charge in [-0.25, -0.2) is 0 Å². The molecular weight excluding hydrogens is 204 g/mol. The fraction of sp³-hybridized carbons (Fsp3) is 0. The minimum absolute atomic E-state index is 0.194. The first kappa shape index (κ1) is 9.94. The summed E-state index contributed by atoms with van der Waals surface area (Å²) in [4.78, 5) is 0. The number of rotatable bonds is 0. The molecule has 0 aliphatic rings. The van der Waals surface area contributed by atoms with Gasteiger partial charge in [0.2, 0.25) is 0 Å². The fourth-order valence-electron chi connectivity index (χ4n) is 0.788. The lowest BCUT2D eigenvalue weighted by Gasteiger charge is -1.79. The van der Waals surface area contributed by atoms with Crippen LogP contribution in [-0.2, 0) is 0 Å². The molecule has 0 fully saturated rings. The minimum atomic E-state index is 0.194. The van der Waals surface area contributed by atoms with E-state index in [0.29, 0.717) is 0 Å². The van der Waals surface area contributed by atoms with Gasteiger partial charge in [0.1, 0.15) is 9.84 Å². The van der Waals surface area contributed by atoms with E-state index in [2.05, 4.69) is 40.3 Å². The standard InChI is InChI=1S/C6H5N3.CH3NS2/c1-2-4-6-5(3-1)7-9-8-6;2-1(3)4/h1-4H,(H,7,8,9);(H3,2,3,4). The molecule has 0 amide bonds. The molecule has 0 saturated carbocycles. The van der Waals surface area contributed by atoms with Gasteiger partial charge in [-0.3, -0.25) is 5.10 Å². The Bertz CT molecular complexity index is 364. The second-order valence-corrected chi connectivity index (χ2v) is 3.39. The predicted octanol–water partition coefficient (Wildman–Crippen LogP) is 1.12. The number of aromatic nitrogens is 3. The summed E-state index contributed by atoms with van der Waals surface area (Å²) in [5.74, 6) is 0. The lowest BCUT2D eigenvalue weighted by Crippen LogP contribution is -1.94. The first-order valence-electron chi connectivity index (χ1n) is 3.44. The largest absolute Gasteiger partial charge is 0.385 e. The number of nitrogens with one attached hydrogen (secondary N) is 1. The Morgan fingerprint density at radius 2 is 2.08 bits per heavy atom. The zero-order chi connectivity index (χ0) is 9.68. The van der Waals surface area contributed by atoms with Gasteiger partial charge >= 0.3 is 0 Å². The lowest BCUT2D eigenvalue weighted by molar-refractivity contribution is 0.959. The highest BCUT2D eigenvalue weighted by Gasteiger charge is 1.90. The topological polar surface area (TPSA) is 67.6 Å². The first-order chi connectivity index (χ1) is 6.20. The molecular formula is C7H8N4S2. The summed E-state index contributed by atoms with van der Waals surface area (Å²) in [5.41, 5.74) is 6.60. The van der Waals surface area contributed by atoms with Gasteiger partial charge < -0.3 is 5.73 Å². The van der Waals surface area contributed by atoms with E-state index in [-0.39, 0.29) is 4.32 Å². The van der Waals surface area contributed by atoms with Crippen LogP contribution < -0.4 is 5.73 Å². The number of thiocarbonyl (C=S) groups is 1. The van der Waals surface area contributed by atoms with Crippen molar-refractivity contribution in [1.82, 2.24) is 15.4 Å². The minimum Gasteiger partial charge on any atom is -0.385 e. The van der Waals surface area contributed by atoms with Crippen molar-refractivity contribution in [2.45, 2.75) is 0 Å². The van der Waals surface area contributed by atoms with Crippen molar-refractivity contribution in [2.75, 3.05) is 0 Å². The third kappa shape index (κ3) is 3.39. The summed E-state index contributed by atoms with van der Waals surface area (Å²) in [7, 11) is 0. The molecule has 6 heteroatoms. The molecule has 2 aromatic rings. The van der Waals surface area contributed by atoms with Crippen LogP contribution in [-0.4, -0.2) is 19.7 Å². The van der Waals surface area contributed by atoms with Gasteiger partial charge in [-0.05, 0) is 12.1 Å². The van der Waals surface area contributed by atoms with Gasteiger partial charge in [-0.15, -0.1) is 17.7 Å². The Morgan fingerprint density at radius 1 is 1.46 bits per heavy atom. The van der Waals surface area contributed by atoms with Gasteiger partial charge in [0, 0.05) is 0 Å². The van der Waals surface area contributed by atoms with Gasteiger partial charge in [0.25, 0.3) is 0 Å². The summed E-state index contributed by atoms with van der Waals surface area (Å²) in [6, 6.07) is 7.74. The molecule has 0 aliphatic carbocycles. The van der Waals surface area contributed by atoms with Crippen LogP contribution in [0, 0.1) is 0 Å². The van der Waals surface area contributed by atoms with E-state index in [4.69, 9.17) is 5.73 Å². The molecule has 0 atom stereocenters. The zero-order valence-corrected chi connectivity index (χ0v) is 8.35. The molecule has 2 rings (SSSR count). The highest BCUT2D eigenvalue weighted by atomic mass is 32.1. The molecule has 0 radical (unpaired) electrons. The Hall–Kier alpha value is -1.14. The SMILES string of the molecule is NC(=S)S.c1ccc2[nH]nnc2c1. The van der Waals surface area contributed by atoms with E-state index in [1.165, 1.54) is 0 Å². The number of hydrogen-bond donors (Lipinski definition) is 3. The predicted molar refractivity (Wildman–Crippen MR) is 59.7 cm³/mol. The monoisotopic (exact) mass is 212 g/mol. The average molecular weight is 212 g/mol. The Morgan fingerprint density at radius 3 is 2.69 bits per heavy atom. The second-order valence-electron chi connectivity index (χ2n) is 2.17. The van der Waals surface area contributed by atoms with Crippen molar-refractivity contribution in [1.29, 1.82) is 0 Å². The van der Waals surface area contributed by atoms with E-state index in [9.17, 15) is 0 Å². The fourth-order valence-corrected chi connectivity index (χ4v) is 0.788. The van der Waals surface area contributed by atoms with Crippen LogP contribution in [0.3, 0.4) is 0 Å². The maximum absolute atomic E-state index is 4.71. The Balaban J connectivity index is 0.000000184. The number of aromatic amines is 1. The van der Waals surface area contributed by atoms with Crippen LogP contribution in [0.1, 0.15) is 0 Å². The van der Waals surface area contributed by atoms with E-state index in [1.807, 2.05) is 24.3 Å². The number of benzene rings is 1. The van der Waals surface area contributed by atoms with E-state index < -0.39 is 0 Å². The van der Waals surface area contributed by atoms with Crippen molar-refractivity contribution < 1.29 is 0 Å². The van der Waals surface area contributed by atoms with Crippen LogP contribution in [0.5, 0.6) is 0 Å². The number of hydrogen-bond acceptors (Lipinski definition) is 3. The molecule has 0 bridgehead atoms. The number of fused-ring (bicyclic) bond motifs is 1. The van der Waals surface area contributed by atoms with Crippen molar-refractivity contribution >= 4 is 40.2 Å². The number of para-hydroxylation sites is 1. The summed E-state index contributed by atoms with van der Waals surface area (Å²) < 4.78 is 0.194. The van der Waals surface area contributed by atoms with Crippen LogP contribution in [0.2, 0.25) is 0 Å². The van der Waals surface area contributed by atoms with E-state index in [1.54, 1.807) is 0 Å². The molecule has 1 heterocycles. The Labute approximate surface area is 85.9 Å². The molecule has 3 N–H and O–H groups in total. The van der Waals surface area contributed by atoms with Crippen molar-refractivity contribution in [3.8, 4) is 0 Å². The van der Waals surface area contributed by atoms with Gasteiger partial charge in [-0.2, -0.15) is 0 Å². The number of nitrogens with two attached hydrogens (primary N) is 1. The molecule has 13 heavy (non-hydrogen) atoms. The summed E-state index contributed by atoms with van der Waals surface area (Å²) >= 11 is 7.65. The van der Waals surface area contributed by atoms with E-state index >= 15 is 0 Å². The smallest absolute Gasteiger partial charge is 0.128 e. The quantitative estimate of drug-likeness (QED) is 0.452. The highest BCUT2D eigenvalue weighted by molar-refractivity contribution is 8.10. The summed E-state index contributed by atoms with van der Waals surface area (Å²) in [6.45, 7) is 0. The van der Waals surface area contributed by atoms with Crippen LogP contribution in [0.4, 0.5) is 0 Å². The van der Waals surface area contributed by atoms with Crippen molar-refractivity contribution in [3.63, 3.8) is 0 Å². The molecule has 1 aromatic heterocycles. The maximum atomic E-state index is 4.71. The molecule has 1 aromatic carbocycles. The lowest BCUT2D eigenvalue weighted by atomic mass is 10.3. The van der Waals surface area contributed by atoms with Crippen LogP contribution >= 0.6 is 24.8 Å². The molecule has 0 unspecified atom stereocenters. The third-order valence-electron chi connectivity index (χ3n) is 1.23. The number of H-pyrrole nitrogens is 1. The average Bonchev–Trinajstić information content (AvgIpc) is 2.49. The second kappa shape index (κ2) is 4.78. The van der Waals surface area contributed by atoms with Gasteiger partial charge in [-0.1, -0.05) is 29.6 Å². The molecule has 0 spiro atoms. The number of nitrogens with zero attached hydrogens (tertiary/aromatic N) is 2. The molecule has 0 saturated heterocycles. The van der Waals surface area contributed by atoms with Gasteiger partial charge in [0.05, 0.1) is 5.52 Å². The van der Waals surface area contributed by atoms with Crippen molar-refractivity contribution in [2.24, 2.45) is 5.73 Å². The van der Waals surface area contributed by atoms with Crippen molar-refractivity contribution in [3.05, 3.63) is 24.3 Å². The maximum Gasteiger partial charge on any atom is 0.128 e. The highest BCUT2D eigenvalue weighted by Crippen LogP contribution is 2.03. The molecule has 0 aliphatic heterocycles. The molecule has 4 nitrogen and oxygen atoms in total. The van der Waals surface area contributed by atoms with Crippen LogP contribution in [0.25, 0.3) is 11.0 Å². The van der Waals surface area contributed by atoms with Crippen LogP contribution in [0.15, 0.2) is 24.3 Å².